The summed E-state index contributed by atoms with van der Waals surface area (Å²) in [6, 6.07) is 6.29. The molecular weight excluding hydrogens is 302 g/mol. The van der Waals surface area contributed by atoms with Gasteiger partial charge in [-0.2, -0.15) is 0 Å². The van der Waals surface area contributed by atoms with Gasteiger partial charge in [-0.1, -0.05) is 41.8 Å². The van der Waals surface area contributed by atoms with Crippen LogP contribution in [-0.2, 0) is 11.3 Å². The predicted octanol–water partition coefficient (Wildman–Crippen LogP) is 4.83. The molecular formula is C16H24BrNO. The van der Waals surface area contributed by atoms with Crippen molar-refractivity contribution < 1.29 is 4.74 Å². The number of ether oxygens (including phenoxy) is 1. The molecule has 3 heteroatoms. The van der Waals surface area contributed by atoms with E-state index in [9.17, 15) is 0 Å². The zero-order valence-electron chi connectivity index (χ0n) is 11.9. The van der Waals surface area contributed by atoms with Crippen molar-refractivity contribution in [3.8, 4) is 0 Å². The molecule has 0 bridgehead atoms. The van der Waals surface area contributed by atoms with Gasteiger partial charge in [-0.05, 0) is 36.8 Å². The van der Waals surface area contributed by atoms with Crippen LogP contribution < -0.4 is 5.32 Å². The number of rotatable bonds is 5. The second-order valence-electron chi connectivity index (χ2n) is 5.72. The second kappa shape index (κ2) is 7.30. The highest BCUT2D eigenvalue weighted by molar-refractivity contribution is 9.10. The Kier molecular flexibility index (Phi) is 5.71. The van der Waals surface area contributed by atoms with Gasteiger partial charge < -0.3 is 10.1 Å². The molecule has 1 aromatic rings. The highest BCUT2D eigenvalue weighted by Gasteiger charge is 2.19. The van der Waals surface area contributed by atoms with Crippen LogP contribution in [0.25, 0.3) is 0 Å². The molecule has 1 N–H and O–H groups in total. The predicted molar refractivity (Wildman–Crippen MR) is 84.5 cm³/mol. The largest absolute Gasteiger partial charge is 0.384 e. The molecule has 2 unspecified atom stereocenters. The maximum atomic E-state index is 5.29. The fourth-order valence-corrected chi connectivity index (χ4v) is 3.50. The minimum absolute atomic E-state index is 0.644. The van der Waals surface area contributed by atoms with Crippen LogP contribution in [0.5, 0.6) is 0 Å². The highest BCUT2D eigenvalue weighted by Crippen LogP contribution is 2.30. The lowest BCUT2D eigenvalue weighted by Crippen LogP contribution is -2.21. The van der Waals surface area contributed by atoms with Gasteiger partial charge in [0.05, 0.1) is 6.61 Å². The van der Waals surface area contributed by atoms with Crippen molar-refractivity contribution in [2.75, 3.05) is 19.0 Å². The first-order valence-electron chi connectivity index (χ1n) is 7.21. The summed E-state index contributed by atoms with van der Waals surface area (Å²) in [7, 11) is 1.74. The van der Waals surface area contributed by atoms with Crippen molar-refractivity contribution in [3.63, 3.8) is 0 Å². The number of halogens is 1. The lowest BCUT2D eigenvalue weighted by Gasteiger charge is -2.27. The molecule has 2 atom stereocenters. The van der Waals surface area contributed by atoms with Crippen LogP contribution in [0.4, 0.5) is 5.69 Å². The maximum Gasteiger partial charge on any atom is 0.0744 e. The molecule has 0 spiro atoms. The summed E-state index contributed by atoms with van der Waals surface area (Å²) in [5, 5.41) is 3.62. The molecule has 0 saturated heterocycles. The summed E-state index contributed by atoms with van der Waals surface area (Å²) in [6.07, 6.45) is 5.52. The Hall–Kier alpha value is -0.540. The van der Waals surface area contributed by atoms with Crippen LogP contribution in [0.1, 0.15) is 38.2 Å². The van der Waals surface area contributed by atoms with Crippen molar-refractivity contribution in [1.29, 1.82) is 0 Å². The summed E-state index contributed by atoms with van der Waals surface area (Å²) in [5.41, 5.74) is 2.42. The Morgan fingerprint density at radius 1 is 1.37 bits per heavy atom. The topological polar surface area (TPSA) is 21.3 Å². The lowest BCUT2D eigenvalue weighted by molar-refractivity contribution is 0.185. The van der Waals surface area contributed by atoms with Crippen LogP contribution in [0.15, 0.2) is 22.7 Å². The molecule has 0 aromatic heterocycles. The van der Waals surface area contributed by atoms with E-state index in [1.165, 1.54) is 36.9 Å². The number of hydrogen-bond acceptors (Lipinski definition) is 2. The molecule has 1 saturated carbocycles. The average molecular weight is 326 g/mol. The van der Waals surface area contributed by atoms with Crippen LogP contribution in [-0.4, -0.2) is 13.7 Å². The summed E-state index contributed by atoms with van der Waals surface area (Å²) >= 11 is 3.60. The van der Waals surface area contributed by atoms with E-state index in [0.29, 0.717) is 6.61 Å². The molecule has 1 fully saturated rings. The Labute approximate surface area is 125 Å². The van der Waals surface area contributed by atoms with E-state index in [1.54, 1.807) is 7.11 Å². The Bertz CT molecular complexity index is 408. The fraction of sp³-hybridized carbons (Fsp3) is 0.625. The number of nitrogens with one attached hydrogen (secondary N) is 1. The van der Waals surface area contributed by atoms with Gasteiger partial charge in [0.2, 0.25) is 0 Å². The molecule has 0 radical (unpaired) electrons. The lowest BCUT2D eigenvalue weighted by atomic mass is 9.82. The smallest absolute Gasteiger partial charge is 0.0744 e. The number of anilines is 1. The van der Waals surface area contributed by atoms with E-state index < -0.39 is 0 Å². The van der Waals surface area contributed by atoms with Gasteiger partial charge >= 0.3 is 0 Å². The van der Waals surface area contributed by atoms with E-state index in [1.807, 2.05) is 0 Å². The molecule has 106 valence electrons. The third kappa shape index (κ3) is 4.22. The molecule has 2 rings (SSSR count). The SMILES string of the molecule is COCc1c(Br)cccc1NCC1CCCC(C)C1. The van der Waals surface area contributed by atoms with Crippen LogP contribution in [0.2, 0.25) is 0 Å². The van der Waals surface area contributed by atoms with Gasteiger partial charge in [0, 0.05) is 29.4 Å². The minimum atomic E-state index is 0.644. The number of methoxy groups -OCH3 is 1. The molecule has 1 aromatic carbocycles. The molecule has 1 aliphatic rings. The molecule has 0 heterocycles. The Morgan fingerprint density at radius 2 is 2.21 bits per heavy atom. The molecule has 0 aliphatic heterocycles. The van der Waals surface area contributed by atoms with E-state index >= 15 is 0 Å². The van der Waals surface area contributed by atoms with Crippen LogP contribution in [0, 0.1) is 11.8 Å². The normalized spacial score (nSPS) is 23.3. The van der Waals surface area contributed by atoms with E-state index in [4.69, 9.17) is 4.74 Å². The average Bonchev–Trinajstić information content (AvgIpc) is 2.40. The standard InChI is InChI=1S/C16H24BrNO/c1-12-5-3-6-13(9-12)10-18-16-8-4-7-15(17)14(16)11-19-2/h4,7-8,12-13,18H,3,5-6,9-11H2,1-2H3. The van der Waals surface area contributed by atoms with Gasteiger partial charge in [0.25, 0.3) is 0 Å². The summed E-state index contributed by atoms with van der Waals surface area (Å²) < 4.78 is 6.41. The van der Waals surface area contributed by atoms with Crippen molar-refractivity contribution in [3.05, 3.63) is 28.2 Å². The van der Waals surface area contributed by atoms with Crippen molar-refractivity contribution in [2.24, 2.45) is 11.8 Å². The van der Waals surface area contributed by atoms with E-state index in [2.05, 4.69) is 46.4 Å². The minimum Gasteiger partial charge on any atom is -0.384 e. The van der Waals surface area contributed by atoms with Gasteiger partial charge in [-0.3, -0.25) is 0 Å². The number of hydrogen-bond donors (Lipinski definition) is 1. The van der Waals surface area contributed by atoms with Gasteiger partial charge in [0.1, 0.15) is 0 Å². The first-order chi connectivity index (χ1) is 9.20. The first kappa shape index (κ1) is 14.9. The monoisotopic (exact) mass is 325 g/mol. The first-order valence-corrected chi connectivity index (χ1v) is 8.00. The van der Waals surface area contributed by atoms with Crippen LogP contribution >= 0.6 is 15.9 Å². The third-order valence-corrected chi connectivity index (χ3v) is 4.78. The molecule has 0 amide bonds. The number of benzene rings is 1. The summed E-state index contributed by atoms with van der Waals surface area (Å²) in [5.74, 6) is 1.71. The Balaban J connectivity index is 1.96. The van der Waals surface area contributed by atoms with Crippen molar-refractivity contribution in [2.45, 2.75) is 39.2 Å². The van der Waals surface area contributed by atoms with Crippen molar-refractivity contribution >= 4 is 21.6 Å². The zero-order chi connectivity index (χ0) is 13.7. The maximum absolute atomic E-state index is 5.29. The fourth-order valence-electron chi connectivity index (χ4n) is 3.01. The molecule has 19 heavy (non-hydrogen) atoms. The quantitative estimate of drug-likeness (QED) is 0.836. The summed E-state index contributed by atoms with van der Waals surface area (Å²) in [6.45, 7) is 4.10. The Morgan fingerprint density at radius 3 is 2.95 bits per heavy atom. The molecule has 2 nitrogen and oxygen atoms in total. The third-order valence-electron chi connectivity index (χ3n) is 4.03. The van der Waals surface area contributed by atoms with E-state index in [0.717, 1.165) is 22.9 Å². The highest BCUT2D eigenvalue weighted by atomic mass is 79.9. The zero-order valence-corrected chi connectivity index (χ0v) is 13.5. The van der Waals surface area contributed by atoms with Gasteiger partial charge in [-0.25, -0.2) is 0 Å². The molecule has 1 aliphatic carbocycles. The second-order valence-corrected chi connectivity index (χ2v) is 6.57. The van der Waals surface area contributed by atoms with Crippen molar-refractivity contribution in [1.82, 2.24) is 0 Å². The summed E-state index contributed by atoms with van der Waals surface area (Å²) in [4.78, 5) is 0. The van der Waals surface area contributed by atoms with Gasteiger partial charge in [0.15, 0.2) is 0 Å². The van der Waals surface area contributed by atoms with Gasteiger partial charge in [-0.15, -0.1) is 0 Å². The van der Waals surface area contributed by atoms with E-state index in [-0.39, 0.29) is 0 Å². The van der Waals surface area contributed by atoms with Crippen LogP contribution in [0.3, 0.4) is 0 Å².